The third-order valence-electron chi connectivity index (χ3n) is 2.73. The number of thiocarbonyl (C=S) groups is 1. The molecule has 3 N–H and O–H groups in total. The number of anilines is 1. The maximum absolute atomic E-state index is 14.1. The van der Waals surface area contributed by atoms with Crippen LogP contribution in [-0.4, -0.2) is 9.97 Å². The Bertz CT molecular complexity index is 645. The van der Waals surface area contributed by atoms with Crippen LogP contribution in [0.4, 0.5) is 10.1 Å². The minimum Gasteiger partial charge on any atom is -0.444 e. The van der Waals surface area contributed by atoms with Crippen molar-refractivity contribution in [1.82, 2.24) is 4.98 Å². The summed E-state index contributed by atoms with van der Waals surface area (Å²) in [5.41, 5.74) is 6.30. The van der Waals surface area contributed by atoms with Gasteiger partial charge in [0.15, 0.2) is 5.82 Å². The molecule has 0 bridgehead atoms. The molecule has 20 heavy (non-hydrogen) atoms. The summed E-state index contributed by atoms with van der Waals surface area (Å²) in [6.45, 7) is 2.28. The molecule has 106 valence electrons. The predicted molar refractivity (Wildman–Crippen MR) is 83.2 cm³/mol. The van der Waals surface area contributed by atoms with Crippen molar-refractivity contribution >= 4 is 38.8 Å². The number of benzene rings is 1. The van der Waals surface area contributed by atoms with Crippen LogP contribution in [0.25, 0.3) is 0 Å². The summed E-state index contributed by atoms with van der Waals surface area (Å²) in [5.74, 6) is 0.862. The van der Waals surface area contributed by atoms with E-state index in [4.69, 9.17) is 22.4 Å². The van der Waals surface area contributed by atoms with Crippen molar-refractivity contribution in [3.05, 3.63) is 45.8 Å². The van der Waals surface area contributed by atoms with Crippen LogP contribution >= 0.6 is 28.1 Å². The van der Waals surface area contributed by atoms with Gasteiger partial charge in [0.1, 0.15) is 10.7 Å². The summed E-state index contributed by atoms with van der Waals surface area (Å²) in [7, 11) is 0. The zero-order chi connectivity index (χ0) is 14.7. The Hall–Kier alpha value is -1.47. The Morgan fingerprint density at radius 3 is 2.90 bits per heavy atom. The van der Waals surface area contributed by atoms with E-state index in [0.717, 1.165) is 12.2 Å². The highest BCUT2D eigenvalue weighted by Crippen LogP contribution is 2.27. The van der Waals surface area contributed by atoms with Gasteiger partial charge in [-0.15, -0.1) is 0 Å². The van der Waals surface area contributed by atoms with Gasteiger partial charge in [-0.25, -0.2) is 9.37 Å². The number of oxazole rings is 1. The molecule has 2 rings (SSSR count). The molecule has 1 aromatic carbocycles. The van der Waals surface area contributed by atoms with Crippen LogP contribution in [-0.2, 0) is 13.0 Å². The van der Waals surface area contributed by atoms with Crippen molar-refractivity contribution in [2.24, 2.45) is 5.73 Å². The first-order chi connectivity index (χ1) is 9.52. The summed E-state index contributed by atoms with van der Waals surface area (Å²) in [6, 6.07) is 3.24. The molecule has 0 saturated carbocycles. The third-order valence-corrected chi connectivity index (χ3v) is 3.72. The maximum atomic E-state index is 14.1. The lowest BCUT2D eigenvalue weighted by Crippen LogP contribution is -2.12. The van der Waals surface area contributed by atoms with E-state index in [1.54, 1.807) is 18.3 Å². The highest BCUT2D eigenvalue weighted by atomic mass is 79.9. The number of nitrogens with zero attached hydrogens (tertiary/aromatic N) is 1. The average Bonchev–Trinajstić information content (AvgIpc) is 2.88. The highest BCUT2D eigenvalue weighted by molar-refractivity contribution is 9.10. The predicted octanol–water partition coefficient (Wildman–Crippen LogP) is 3.38. The fourth-order valence-corrected chi connectivity index (χ4v) is 2.50. The third kappa shape index (κ3) is 3.16. The molecule has 0 amide bonds. The fraction of sp³-hybridized carbons (Fsp3) is 0.231. The van der Waals surface area contributed by atoms with Gasteiger partial charge in [0.2, 0.25) is 5.89 Å². The minimum absolute atomic E-state index is 0.141. The zero-order valence-corrected chi connectivity index (χ0v) is 13.1. The van der Waals surface area contributed by atoms with Gasteiger partial charge in [-0.1, -0.05) is 19.1 Å². The quantitative estimate of drug-likeness (QED) is 0.803. The van der Waals surface area contributed by atoms with E-state index in [1.165, 1.54) is 0 Å². The molecular weight excluding hydrogens is 345 g/mol. The number of hydrogen-bond acceptors (Lipinski definition) is 4. The lowest BCUT2D eigenvalue weighted by molar-refractivity contribution is 0.465. The van der Waals surface area contributed by atoms with E-state index in [0.29, 0.717) is 23.7 Å². The maximum Gasteiger partial charge on any atom is 0.213 e. The summed E-state index contributed by atoms with van der Waals surface area (Å²) >= 11 is 8.00. The molecule has 0 atom stereocenters. The second kappa shape index (κ2) is 6.32. The molecule has 1 heterocycles. The number of nitrogens with two attached hydrogens (primary N) is 1. The van der Waals surface area contributed by atoms with Gasteiger partial charge in [-0.3, -0.25) is 0 Å². The van der Waals surface area contributed by atoms with Crippen molar-refractivity contribution in [3.63, 3.8) is 0 Å². The number of nitrogens with one attached hydrogen (secondary N) is 1. The SMILES string of the molecule is CCc1cnc(CNc2ccc(C(N)=S)c(Br)c2F)o1. The van der Waals surface area contributed by atoms with Crippen LogP contribution in [0.1, 0.15) is 24.1 Å². The fourth-order valence-electron chi connectivity index (χ4n) is 1.64. The number of aromatic nitrogens is 1. The van der Waals surface area contributed by atoms with Gasteiger partial charge < -0.3 is 15.5 Å². The minimum atomic E-state index is -0.447. The van der Waals surface area contributed by atoms with Crippen LogP contribution in [0.15, 0.2) is 27.2 Å². The Kier molecular flexibility index (Phi) is 4.72. The van der Waals surface area contributed by atoms with Gasteiger partial charge in [-0.05, 0) is 28.1 Å². The number of rotatable bonds is 5. The Morgan fingerprint density at radius 2 is 2.30 bits per heavy atom. The highest BCUT2D eigenvalue weighted by Gasteiger charge is 2.13. The normalized spacial score (nSPS) is 10.6. The largest absolute Gasteiger partial charge is 0.444 e. The molecular formula is C13H13BrFN3OS. The van der Waals surface area contributed by atoms with E-state index in [2.05, 4.69) is 26.2 Å². The van der Waals surface area contributed by atoms with Gasteiger partial charge in [-0.2, -0.15) is 0 Å². The molecule has 1 aromatic heterocycles. The van der Waals surface area contributed by atoms with Crippen molar-refractivity contribution in [2.45, 2.75) is 19.9 Å². The van der Waals surface area contributed by atoms with Crippen LogP contribution < -0.4 is 11.1 Å². The summed E-state index contributed by atoms with van der Waals surface area (Å²) in [4.78, 5) is 4.24. The molecule has 0 aliphatic rings. The monoisotopic (exact) mass is 357 g/mol. The first kappa shape index (κ1) is 14.9. The van der Waals surface area contributed by atoms with Crippen LogP contribution in [0.2, 0.25) is 0 Å². The zero-order valence-electron chi connectivity index (χ0n) is 10.7. The molecule has 7 heteroatoms. The smallest absolute Gasteiger partial charge is 0.213 e. The first-order valence-corrected chi connectivity index (χ1v) is 7.18. The standard InChI is InChI=1S/C13H13BrFN3OS/c1-2-7-5-18-10(19-7)6-17-9-4-3-8(13(16)20)11(14)12(9)15/h3-5,17H,2,6H2,1H3,(H2,16,20). The lowest BCUT2D eigenvalue weighted by atomic mass is 10.2. The van der Waals surface area contributed by atoms with E-state index < -0.39 is 5.82 Å². The molecule has 0 aliphatic heterocycles. The van der Waals surface area contributed by atoms with E-state index in [9.17, 15) is 4.39 Å². The van der Waals surface area contributed by atoms with Crippen molar-refractivity contribution in [2.75, 3.05) is 5.32 Å². The van der Waals surface area contributed by atoms with Crippen LogP contribution in [0, 0.1) is 5.82 Å². The summed E-state index contributed by atoms with van der Waals surface area (Å²) in [5, 5.41) is 2.93. The molecule has 0 radical (unpaired) electrons. The molecule has 0 spiro atoms. The van der Waals surface area contributed by atoms with Crippen LogP contribution in [0.5, 0.6) is 0 Å². The Balaban J connectivity index is 2.14. The molecule has 0 unspecified atom stereocenters. The summed E-state index contributed by atoms with van der Waals surface area (Å²) < 4.78 is 19.8. The van der Waals surface area contributed by atoms with Gasteiger partial charge in [0, 0.05) is 12.0 Å². The Morgan fingerprint density at radius 1 is 1.55 bits per heavy atom. The lowest BCUT2D eigenvalue weighted by Gasteiger charge is -2.09. The van der Waals surface area contributed by atoms with Crippen molar-refractivity contribution in [1.29, 1.82) is 0 Å². The number of aryl methyl sites for hydroxylation is 1. The topological polar surface area (TPSA) is 64.1 Å². The second-order valence-corrected chi connectivity index (χ2v) is 5.31. The summed E-state index contributed by atoms with van der Waals surface area (Å²) in [6.07, 6.45) is 2.44. The van der Waals surface area contributed by atoms with Gasteiger partial charge >= 0.3 is 0 Å². The molecule has 2 aromatic rings. The molecule has 4 nitrogen and oxygen atoms in total. The van der Waals surface area contributed by atoms with E-state index in [-0.39, 0.29) is 9.46 Å². The van der Waals surface area contributed by atoms with Gasteiger partial charge in [0.05, 0.1) is 22.9 Å². The van der Waals surface area contributed by atoms with Crippen molar-refractivity contribution < 1.29 is 8.81 Å². The van der Waals surface area contributed by atoms with Gasteiger partial charge in [0.25, 0.3) is 0 Å². The van der Waals surface area contributed by atoms with Crippen molar-refractivity contribution in [3.8, 4) is 0 Å². The van der Waals surface area contributed by atoms with E-state index >= 15 is 0 Å². The molecule has 0 saturated heterocycles. The van der Waals surface area contributed by atoms with E-state index in [1.807, 2.05) is 6.92 Å². The van der Waals surface area contributed by atoms with Crippen LogP contribution in [0.3, 0.4) is 0 Å². The second-order valence-electron chi connectivity index (χ2n) is 4.08. The molecule has 0 fully saturated rings. The average molecular weight is 358 g/mol. The Labute approximate surface area is 129 Å². The number of hydrogen-bond donors (Lipinski definition) is 2. The molecule has 0 aliphatic carbocycles. The number of halogens is 2. The first-order valence-electron chi connectivity index (χ1n) is 5.98.